The van der Waals surface area contributed by atoms with Crippen LogP contribution in [-0.4, -0.2) is 26.2 Å². The molecule has 0 aliphatic heterocycles. The molecule has 0 amide bonds. The number of rotatable bonds is 5. The first kappa shape index (κ1) is 14.0. The number of esters is 1. The maximum atomic E-state index is 11.5. The van der Waals surface area contributed by atoms with Crippen LogP contribution in [0.3, 0.4) is 0 Å². The van der Waals surface area contributed by atoms with Crippen LogP contribution in [0.5, 0.6) is 0 Å². The van der Waals surface area contributed by atoms with Crippen molar-refractivity contribution in [2.75, 3.05) is 6.61 Å². The highest BCUT2D eigenvalue weighted by atomic mass is 35.7. The highest BCUT2D eigenvalue weighted by Gasteiger charge is 2.32. The summed E-state index contributed by atoms with van der Waals surface area (Å²) in [4.78, 5) is 11.5. The van der Waals surface area contributed by atoms with Gasteiger partial charge in [0.25, 0.3) is 0 Å². The summed E-state index contributed by atoms with van der Waals surface area (Å²) in [5.74, 6) is -0.814. The number of benzene rings is 1. The van der Waals surface area contributed by atoms with Gasteiger partial charge in [-0.15, -0.1) is 0 Å². The monoisotopic (exact) mass is 276 g/mol. The Balaban J connectivity index is 2.90. The fraction of sp³-hybridized carbons (Fsp3) is 0.364. The smallest absolute Gasteiger partial charge is 0.325 e. The van der Waals surface area contributed by atoms with Crippen molar-refractivity contribution in [3.05, 3.63) is 35.9 Å². The molecule has 94 valence electrons. The molecule has 0 radical (unpaired) electrons. The Kier molecular flexibility index (Phi) is 4.96. The Morgan fingerprint density at radius 3 is 2.41 bits per heavy atom. The van der Waals surface area contributed by atoms with Gasteiger partial charge in [-0.3, -0.25) is 4.79 Å². The average Bonchev–Trinajstić information content (AvgIpc) is 2.26. The molecular weight excluding hydrogens is 264 g/mol. The summed E-state index contributed by atoms with van der Waals surface area (Å²) >= 11 is 0. The lowest BCUT2D eigenvalue weighted by Crippen LogP contribution is -2.31. The first-order valence-corrected chi connectivity index (χ1v) is 7.46. The molecule has 0 N–H and O–H groups in total. The maximum Gasteiger partial charge on any atom is 0.325 e. The number of carbonyl (C=O) groups is 1. The molecule has 0 aliphatic rings. The molecule has 0 unspecified atom stereocenters. The molecule has 1 rings (SSSR count). The Hall–Kier alpha value is -1.07. The topological polar surface area (TPSA) is 60.4 Å². The number of carbonyl (C=O) groups excluding carboxylic acids is 1. The van der Waals surface area contributed by atoms with Gasteiger partial charge in [0.05, 0.1) is 6.61 Å². The van der Waals surface area contributed by atoms with E-state index in [1.807, 2.05) is 0 Å². The molecule has 1 atom stereocenters. The van der Waals surface area contributed by atoms with Crippen molar-refractivity contribution >= 4 is 25.7 Å². The predicted molar refractivity (Wildman–Crippen MR) is 65.3 cm³/mol. The largest absolute Gasteiger partial charge is 0.465 e. The van der Waals surface area contributed by atoms with Crippen molar-refractivity contribution in [1.29, 1.82) is 0 Å². The normalized spacial score (nSPS) is 13.1. The fourth-order valence-corrected chi connectivity index (χ4v) is 2.46. The molecule has 0 bridgehead atoms. The Morgan fingerprint density at radius 1 is 1.35 bits per heavy atom. The van der Waals surface area contributed by atoms with E-state index in [4.69, 9.17) is 15.4 Å². The van der Waals surface area contributed by atoms with Crippen LogP contribution >= 0.6 is 10.7 Å². The third kappa shape index (κ3) is 4.36. The first-order valence-electron chi connectivity index (χ1n) is 5.09. The molecule has 6 heteroatoms. The molecule has 0 aliphatic carbocycles. The molecule has 17 heavy (non-hydrogen) atoms. The highest BCUT2D eigenvalue weighted by molar-refractivity contribution is 8.14. The van der Waals surface area contributed by atoms with Gasteiger partial charge in [-0.25, -0.2) is 8.42 Å². The summed E-state index contributed by atoms with van der Waals surface area (Å²) in [6.07, 6.45) is 0.0194. The van der Waals surface area contributed by atoms with Crippen molar-refractivity contribution < 1.29 is 17.9 Å². The number of ether oxygens (including phenoxy) is 1. The lowest BCUT2D eigenvalue weighted by molar-refractivity contribution is -0.142. The number of halogens is 1. The second-order valence-corrected chi connectivity index (χ2v) is 6.22. The van der Waals surface area contributed by atoms with Crippen molar-refractivity contribution in [2.24, 2.45) is 0 Å². The van der Waals surface area contributed by atoms with E-state index in [-0.39, 0.29) is 13.0 Å². The molecule has 0 aromatic heterocycles. The molecule has 0 saturated carbocycles. The van der Waals surface area contributed by atoms with Gasteiger partial charge in [-0.2, -0.15) is 0 Å². The number of hydrogen-bond acceptors (Lipinski definition) is 4. The van der Waals surface area contributed by atoms with Crippen LogP contribution in [-0.2, 0) is 25.0 Å². The third-order valence-electron chi connectivity index (χ3n) is 2.15. The summed E-state index contributed by atoms with van der Waals surface area (Å²) in [6.45, 7) is 1.73. The second-order valence-electron chi connectivity index (χ2n) is 3.41. The van der Waals surface area contributed by atoms with Gasteiger partial charge >= 0.3 is 5.97 Å². The summed E-state index contributed by atoms with van der Waals surface area (Å²) in [5.41, 5.74) is 0.717. The average molecular weight is 277 g/mol. The molecule has 1 aromatic carbocycles. The van der Waals surface area contributed by atoms with Crippen molar-refractivity contribution in [3.8, 4) is 0 Å². The molecule has 0 fully saturated rings. The van der Waals surface area contributed by atoms with Crippen LogP contribution < -0.4 is 0 Å². The van der Waals surface area contributed by atoms with Gasteiger partial charge in [0.2, 0.25) is 9.05 Å². The van der Waals surface area contributed by atoms with Gasteiger partial charge < -0.3 is 4.74 Å². The number of hydrogen-bond donors (Lipinski definition) is 0. The SMILES string of the molecule is CCOC(=O)[C@@H](Cc1ccccc1)S(=O)(=O)Cl. The van der Waals surface area contributed by atoms with Crippen molar-refractivity contribution in [3.63, 3.8) is 0 Å². The standard InChI is InChI=1S/C11H13ClO4S/c1-2-16-11(13)10(17(12,14)15)8-9-6-4-3-5-7-9/h3-7,10H,2,8H2,1H3/t10-/m1/s1. The molecular formula is C11H13ClO4S. The van der Waals surface area contributed by atoms with E-state index in [1.165, 1.54) is 0 Å². The second kappa shape index (κ2) is 6.02. The van der Waals surface area contributed by atoms with Crippen LogP contribution in [0.15, 0.2) is 30.3 Å². The van der Waals surface area contributed by atoms with Gasteiger partial charge in [-0.1, -0.05) is 30.3 Å². The lowest BCUT2D eigenvalue weighted by atomic mass is 10.1. The molecule has 0 saturated heterocycles. The summed E-state index contributed by atoms with van der Waals surface area (Å²) in [6, 6.07) is 8.79. The van der Waals surface area contributed by atoms with Gasteiger partial charge in [0, 0.05) is 17.1 Å². The zero-order chi connectivity index (χ0) is 12.9. The summed E-state index contributed by atoms with van der Waals surface area (Å²) in [7, 11) is 1.26. The zero-order valence-electron chi connectivity index (χ0n) is 9.30. The van der Waals surface area contributed by atoms with E-state index in [2.05, 4.69) is 0 Å². The minimum Gasteiger partial charge on any atom is -0.465 e. The quantitative estimate of drug-likeness (QED) is 0.607. The van der Waals surface area contributed by atoms with Crippen LogP contribution in [0.1, 0.15) is 12.5 Å². The van der Waals surface area contributed by atoms with Crippen LogP contribution in [0.25, 0.3) is 0 Å². The van der Waals surface area contributed by atoms with Crippen LogP contribution in [0.4, 0.5) is 0 Å². The van der Waals surface area contributed by atoms with E-state index in [0.717, 1.165) is 5.56 Å². The van der Waals surface area contributed by atoms with E-state index >= 15 is 0 Å². The molecule has 4 nitrogen and oxygen atoms in total. The van der Waals surface area contributed by atoms with E-state index < -0.39 is 20.3 Å². The lowest BCUT2D eigenvalue weighted by Gasteiger charge is -2.12. The fourth-order valence-electron chi connectivity index (χ4n) is 1.36. The van der Waals surface area contributed by atoms with E-state index in [9.17, 15) is 13.2 Å². The zero-order valence-corrected chi connectivity index (χ0v) is 10.9. The minimum atomic E-state index is -3.99. The molecule has 0 spiro atoms. The van der Waals surface area contributed by atoms with Crippen LogP contribution in [0.2, 0.25) is 0 Å². The summed E-state index contributed by atoms with van der Waals surface area (Å²) in [5, 5.41) is -1.36. The van der Waals surface area contributed by atoms with E-state index in [1.54, 1.807) is 37.3 Å². The molecule has 0 heterocycles. The van der Waals surface area contributed by atoms with Gasteiger partial charge in [0.15, 0.2) is 5.25 Å². The van der Waals surface area contributed by atoms with E-state index in [0.29, 0.717) is 0 Å². The Labute approximate surface area is 105 Å². The predicted octanol–water partition coefficient (Wildman–Crippen LogP) is 1.73. The minimum absolute atomic E-state index is 0.0194. The van der Waals surface area contributed by atoms with Gasteiger partial charge in [0.1, 0.15) is 0 Å². The van der Waals surface area contributed by atoms with Crippen LogP contribution in [0, 0.1) is 0 Å². The molecule has 1 aromatic rings. The summed E-state index contributed by atoms with van der Waals surface area (Å²) < 4.78 is 27.3. The Bertz CT molecular complexity index is 470. The van der Waals surface area contributed by atoms with Crippen molar-refractivity contribution in [1.82, 2.24) is 0 Å². The third-order valence-corrected chi connectivity index (χ3v) is 3.84. The van der Waals surface area contributed by atoms with Gasteiger partial charge in [-0.05, 0) is 12.5 Å². The maximum absolute atomic E-state index is 11.5. The van der Waals surface area contributed by atoms with Crippen molar-refractivity contribution in [2.45, 2.75) is 18.6 Å². The first-order chi connectivity index (χ1) is 7.95. The Morgan fingerprint density at radius 2 is 1.94 bits per heavy atom. The highest BCUT2D eigenvalue weighted by Crippen LogP contribution is 2.15.